The van der Waals surface area contributed by atoms with Gasteiger partial charge in [-0.05, 0) is 28.0 Å². The molecule has 2 fully saturated rings. The zero-order chi connectivity index (χ0) is 18.6. The van der Waals surface area contributed by atoms with Crippen LogP contribution in [-0.2, 0) is 11.3 Å². The molecule has 0 saturated carbocycles. The van der Waals surface area contributed by atoms with Crippen LogP contribution >= 0.6 is 36.2 Å². The van der Waals surface area contributed by atoms with Gasteiger partial charge in [0.15, 0.2) is 0 Å². The maximum absolute atomic E-state index is 12.8. The van der Waals surface area contributed by atoms with Crippen LogP contribution in [0.1, 0.15) is 17.0 Å². The number of likely N-dealkylation sites (tertiary alicyclic amines) is 1. The third-order valence-corrected chi connectivity index (χ3v) is 6.47. The molecule has 5 nitrogen and oxygen atoms in total. The molecule has 1 aromatic carbocycles. The van der Waals surface area contributed by atoms with Crippen LogP contribution in [0, 0.1) is 0 Å². The average Bonchev–Trinajstić information content (AvgIpc) is 3.32. The molecule has 0 unspecified atom stereocenters. The highest BCUT2D eigenvalue weighted by Gasteiger charge is 2.33. The molecule has 160 valence electrons. The van der Waals surface area contributed by atoms with E-state index in [1.54, 1.807) is 11.3 Å². The molecule has 3 heterocycles. The second-order valence-corrected chi connectivity index (χ2v) is 8.44. The van der Waals surface area contributed by atoms with Gasteiger partial charge < -0.3 is 10.6 Å². The van der Waals surface area contributed by atoms with Crippen molar-refractivity contribution in [3.8, 4) is 0 Å². The van der Waals surface area contributed by atoms with Gasteiger partial charge in [0.05, 0.1) is 6.54 Å². The Morgan fingerprint density at radius 1 is 1.00 bits per heavy atom. The predicted molar refractivity (Wildman–Crippen MR) is 124 cm³/mol. The summed E-state index contributed by atoms with van der Waals surface area (Å²) in [6, 6.07) is 12.7. The monoisotopic (exact) mass is 456 g/mol. The highest BCUT2D eigenvalue weighted by molar-refractivity contribution is 7.07. The summed E-state index contributed by atoms with van der Waals surface area (Å²) in [4.78, 5) is 19.4. The lowest BCUT2D eigenvalue weighted by Crippen LogP contribution is -2.50. The van der Waals surface area contributed by atoms with Gasteiger partial charge in [-0.2, -0.15) is 11.3 Å². The highest BCUT2D eigenvalue weighted by atomic mass is 35.5. The van der Waals surface area contributed by atoms with E-state index >= 15 is 0 Å². The first-order valence-corrected chi connectivity index (χ1v) is 10.7. The molecule has 2 aromatic rings. The number of rotatable bonds is 5. The lowest BCUT2D eigenvalue weighted by Gasteiger charge is -2.35. The summed E-state index contributed by atoms with van der Waals surface area (Å²) in [5.74, 6) is 0.563. The van der Waals surface area contributed by atoms with Crippen molar-refractivity contribution >= 4 is 42.1 Å². The molecule has 2 atom stereocenters. The van der Waals surface area contributed by atoms with E-state index < -0.39 is 0 Å². The summed E-state index contributed by atoms with van der Waals surface area (Å²) in [6.07, 6.45) is 0. The molecule has 0 aliphatic carbocycles. The fourth-order valence-corrected chi connectivity index (χ4v) is 4.84. The first-order chi connectivity index (χ1) is 13.2. The molecule has 0 bridgehead atoms. The van der Waals surface area contributed by atoms with Gasteiger partial charge in [-0.15, -0.1) is 24.8 Å². The number of hydrogen-bond acceptors (Lipinski definition) is 5. The van der Waals surface area contributed by atoms with Gasteiger partial charge in [-0.25, -0.2) is 0 Å². The SMILES string of the molecule is Cl.Cl.N[C@@H]1CN(CC(=O)N2CCN(Cc3ccsc3)CC2)C[C@H]1c1ccccc1. The fraction of sp³-hybridized carbons (Fsp3) is 0.476. The van der Waals surface area contributed by atoms with Crippen molar-refractivity contribution < 1.29 is 4.79 Å². The average molecular weight is 457 g/mol. The number of amides is 1. The van der Waals surface area contributed by atoms with E-state index in [1.807, 2.05) is 11.0 Å². The van der Waals surface area contributed by atoms with Crippen LogP contribution in [-0.4, -0.2) is 72.5 Å². The van der Waals surface area contributed by atoms with Gasteiger partial charge in [0.25, 0.3) is 0 Å². The topological polar surface area (TPSA) is 52.8 Å². The van der Waals surface area contributed by atoms with Crippen LogP contribution in [0.25, 0.3) is 0 Å². The molecule has 2 saturated heterocycles. The third-order valence-electron chi connectivity index (χ3n) is 5.74. The second-order valence-electron chi connectivity index (χ2n) is 7.66. The summed E-state index contributed by atoms with van der Waals surface area (Å²) in [5, 5.41) is 4.33. The quantitative estimate of drug-likeness (QED) is 0.750. The van der Waals surface area contributed by atoms with Crippen molar-refractivity contribution in [3.05, 3.63) is 58.3 Å². The predicted octanol–water partition coefficient (Wildman–Crippen LogP) is 2.66. The van der Waals surface area contributed by atoms with Gasteiger partial charge in [-0.3, -0.25) is 14.6 Å². The van der Waals surface area contributed by atoms with Crippen LogP contribution in [0.3, 0.4) is 0 Å². The summed E-state index contributed by atoms with van der Waals surface area (Å²) in [7, 11) is 0. The van der Waals surface area contributed by atoms with E-state index in [1.165, 1.54) is 11.1 Å². The minimum atomic E-state index is 0. The van der Waals surface area contributed by atoms with Gasteiger partial charge in [0.2, 0.25) is 5.91 Å². The minimum absolute atomic E-state index is 0. The molecule has 4 rings (SSSR count). The first-order valence-electron chi connectivity index (χ1n) is 9.73. The van der Waals surface area contributed by atoms with Crippen molar-refractivity contribution in [3.63, 3.8) is 0 Å². The number of nitrogens with two attached hydrogens (primary N) is 1. The zero-order valence-electron chi connectivity index (χ0n) is 16.5. The van der Waals surface area contributed by atoms with Crippen LogP contribution in [0.4, 0.5) is 0 Å². The molecule has 0 spiro atoms. The Morgan fingerprint density at radius 2 is 1.72 bits per heavy atom. The number of hydrogen-bond donors (Lipinski definition) is 1. The number of benzene rings is 1. The molecule has 8 heteroatoms. The highest BCUT2D eigenvalue weighted by Crippen LogP contribution is 2.26. The summed E-state index contributed by atoms with van der Waals surface area (Å²) >= 11 is 1.74. The molecule has 29 heavy (non-hydrogen) atoms. The van der Waals surface area contributed by atoms with Crippen molar-refractivity contribution in [2.45, 2.75) is 18.5 Å². The van der Waals surface area contributed by atoms with Gasteiger partial charge in [0, 0.05) is 57.8 Å². The second kappa shape index (κ2) is 11.3. The Morgan fingerprint density at radius 3 is 2.38 bits per heavy atom. The Kier molecular flexibility index (Phi) is 9.40. The Labute approximate surface area is 189 Å². The van der Waals surface area contributed by atoms with Crippen molar-refractivity contribution in [2.24, 2.45) is 5.73 Å². The largest absolute Gasteiger partial charge is 0.339 e. The van der Waals surface area contributed by atoms with Crippen LogP contribution in [0.5, 0.6) is 0 Å². The first kappa shape index (κ1) is 24.1. The van der Waals surface area contributed by atoms with Crippen LogP contribution in [0.2, 0.25) is 0 Å². The number of nitrogens with zero attached hydrogens (tertiary/aromatic N) is 3. The maximum atomic E-state index is 12.8. The number of piperazine rings is 1. The molecular weight excluding hydrogens is 427 g/mol. The Hall–Kier alpha value is -1.15. The minimum Gasteiger partial charge on any atom is -0.339 e. The zero-order valence-corrected chi connectivity index (χ0v) is 18.9. The number of carbonyl (C=O) groups is 1. The van der Waals surface area contributed by atoms with E-state index in [4.69, 9.17) is 5.73 Å². The molecule has 2 aliphatic heterocycles. The van der Waals surface area contributed by atoms with Gasteiger partial charge >= 0.3 is 0 Å². The van der Waals surface area contributed by atoms with Gasteiger partial charge in [-0.1, -0.05) is 30.3 Å². The Bertz CT molecular complexity index is 738. The summed E-state index contributed by atoms with van der Waals surface area (Å²) in [6.45, 7) is 6.70. The molecule has 2 aliphatic rings. The maximum Gasteiger partial charge on any atom is 0.236 e. The number of carbonyl (C=O) groups excluding carboxylic acids is 1. The van der Waals surface area contributed by atoms with Gasteiger partial charge in [0.1, 0.15) is 0 Å². The molecule has 1 aromatic heterocycles. The van der Waals surface area contributed by atoms with E-state index in [0.717, 1.165) is 45.8 Å². The normalized spacial score (nSPS) is 22.7. The fourth-order valence-electron chi connectivity index (χ4n) is 4.18. The standard InChI is InChI=1S/C21H28N4OS.2ClH/c22-20-14-24(13-19(20)18-4-2-1-3-5-18)15-21(26)25-9-7-23(8-10-25)12-17-6-11-27-16-17;;/h1-6,11,16,19-20H,7-10,12-15,22H2;2*1H/t19-,20+;;/m0../s1. The number of halogens is 2. The molecule has 0 radical (unpaired) electrons. The van der Waals surface area contributed by atoms with Crippen LogP contribution < -0.4 is 5.73 Å². The van der Waals surface area contributed by atoms with E-state index in [9.17, 15) is 4.79 Å². The van der Waals surface area contributed by atoms with E-state index in [2.05, 4.69) is 50.9 Å². The Balaban J connectivity index is 0.00000150. The lowest BCUT2D eigenvalue weighted by molar-refractivity contribution is -0.134. The lowest BCUT2D eigenvalue weighted by atomic mass is 9.95. The molecule has 2 N–H and O–H groups in total. The summed E-state index contributed by atoms with van der Waals surface area (Å²) < 4.78 is 0. The molecular formula is C21H30Cl2N4OS. The van der Waals surface area contributed by atoms with Crippen LogP contribution in [0.15, 0.2) is 47.2 Å². The molecule has 1 amide bonds. The third kappa shape index (κ3) is 6.17. The van der Waals surface area contributed by atoms with E-state index in [0.29, 0.717) is 12.5 Å². The van der Waals surface area contributed by atoms with Crippen molar-refractivity contribution in [1.82, 2.24) is 14.7 Å². The van der Waals surface area contributed by atoms with Crippen molar-refractivity contribution in [1.29, 1.82) is 0 Å². The summed E-state index contributed by atoms with van der Waals surface area (Å²) in [5.41, 5.74) is 9.02. The smallest absolute Gasteiger partial charge is 0.236 e. The van der Waals surface area contributed by atoms with E-state index in [-0.39, 0.29) is 36.8 Å². The van der Waals surface area contributed by atoms with Crippen molar-refractivity contribution in [2.75, 3.05) is 45.8 Å². The number of thiophene rings is 1.